The first-order valence-electron chi connectivity index (χ1n) is 9.86. The Labute approximate surface area is 171 Å². The normalized spacial score (nSPS) is 14.7. The number of carbonyl (C=O) groups excluding carboxylic acids is 2. The Morgan fingerprint density at radius 2 is 1.72 bits per heavy atom. The summed E-state index contributed by atoms with van der Waals surface area (Å²) in [5.41, 5.74) is 1.96. The molecule has 0 aromatic heterocycles. The molecule has 154 valence electrons. The van der Waals surface area contributed by atoms with Crippen LogP contribution in [0.3, 0.4) is 0 Å². The summed E-state index contributed by atoms with van der Waals surface area (Å²) in [4.78, 5) is 27.3. The van der Waals surface area contributed by atoms with Crippen molar-refractivity contribution >= 4 is 11.9 Å². The third-order valence-electron chi connectivity index (χ3n) is 4.93. The third-order valence-corrected chi connectivity index (χ3v) is 4.93. The van der Waals surface area contributed by atoms with Crippen LogP contribution in [0.4, 0.5) is 4.79 Å². The van der Waals surface area contributed by atoms with Crippen molar-refractivity contribution in [2.75, 3.05) is 33.3 Å². The number of rotatable bonds is 7. The molecule has 0 aliphatic carbocycles. The van der Waals surface area contributed by atoms with Gasteiger partial charge in [0, 0.05) is 39.1 Å². The van der Waals surface area contributed by atoms with Gasteiger partial charge in [0.25, 0.3) is 0 Å². The smallest absolute Gasteiger partial charge is 0.318 e. The van der Waals surface area contributed by atoms with Gasteiger partial charge in [-0.3, -0.25) is 4.79 Å². The summed E-state index contributed by atoms with van der Waals surface area (Å²) in [6, 6.07) is 16.4. The monoisotopic (exact) mass is 396 g/mol. The predicted molar refractivity (Wildman–Crippen MR) is 112 cm³/mol. The van der Waals surface area contributed by atoms with Gasteiger partial charge in [0.1, 0.15) is 11.8 Å². The summed E-state index contributed by atoms with van der Waals surface area (Å²) in [5.74, 6) is 0.568. The molecular weight excluding hydrogens is 368 g/mol. The van der Waals surface area contributed by atoms with Crippen LogP contribution in [0.1, 0.15) is 11.1 Å². The van der Waals surface area contributed by atoms with E-state index in [1.54, 1.807) is 12.0 Å². The molecule has 0 radical (unpaired) electrons. The number of amides is 3. The minimum Gasteiger partial charge on any atom is -0.497 e. The van der Waals surface area contributed by atoms with E-state index < -0.39 is 6.04 Å². The molecule has 7 heteroatoms. The van der Waals surface area contributed by atoms with Crippen molar-refractivity contribution in [1.82, 2.24) is 20.9 Å². The molecule has 7 nitrogen and oxygen atoms in total. The quantitative estimate of drug-likeness (QED) is 0.663. The van der Waals surface area contributed by atoms with E-state index in [4.69, 9.17) is 4.74 Å². The minimum atomic E-state index is -0.641. The largest absolute Gasteiger partial charge is 0.497 e. The fourth-order valence-corrected chi connectivity index (χ4v) is 3.22. The second-order valence-corrected chi connectivity index (χ2v) is 6.99. The topological polar surface area (TPSA) is 82.7 Å². The van der Waals surface area contributed by atoms with Gasteiger partial charge in [0.2, 0.25) is 5.91 Å². The minimum absolute atomic E-state index is 0.201. The Bertz CT molecular complexity index is 789. The second kappa shape index (κ2) is 10.5. The molecule has 0 spiro atoms. The maximum absolute atomic E-state index is 12.9. The molecule has 3 rings (SSSR count). The summed E-state index contributed by atoms with van der Waals surface area (Å²) in [7, 11) is 1.62. The molecule has 1 heterocycles. The van der Waals surface area contributed by atoms with Crippen molar-refractivity contribution < 1.29 is 14.3 Å². The van der Waals surface area contributed by atoms with Crippen LogP contribution < -0.4 is 20.7 Å². The zero-order chi connectivity index (χ0) is 20.5. The highest BCUT2D eigenvalue weighted by atomic mass is 16.5. The van der Waals surface area contributed by atoms with Gasteiger partial charge in [-0.2, -0.15) is 0 Å². The van der Waals surface area contributed by atoms with Gasteiger partial charge < -0.3 is 25.6 Å². The first-order chi connectivity index (χ1) is 14.2. The van der Waals surface area contributed by atoms with Crippen molar-refractivity contribution in [2.24, 2.45) is 0 Å². The first kappa shape index (κ1) is 20.7. The standard InChI is InChI=1S/C22H28N4O3/c1-29-19-9-7-18(8-10-19)16-24-21(27)20(15-17-5-3-2-4-6-17)25-22(28)26-13-11-23-12-14-26/h2-10,20,23H,11-16H2,1H3,(H,24,27)(H,25,28)/t20-/m0/s1. The van der Waals surface area contributed by atoms with Crippen molar-refractivity contribution in [1.29, 1.82) is 0 Å². The van der Waals surface area contributed by atoms with Crippen molar-refractivity contribution in [3.8, 4) is 5.75 Å². The average molecular weight is 396 g/mol. The van der Waals surface area contributed by atoms with E-state index in [9.17, 15) is 9.59 Å². The lowest BCUT2D eigenvalue weighted by Gasteiger charge is -2.29. The molecule has 1 aliphatic heterocycles. The van der Waals surface area contributed by atoms with Crippen LogP contribution in [-0.2, 0) is 17.8 Å². The summed E-state index contributed by atoms with van der Waals surface area (Å²) < 4.78 is 5.16. The van der Waals surface area contributed by atoms with Gasteiger partial charge >= 0.3 is 6.03 Å². The van der Waals surface area contributed by atoms with E-state index >= 15 is 0 Å². The van der Waals surface area contributed by atoms with Crippen molar-refractivity contribution in [3.63, 3.8) is 0 Å². The van der Waals surface area contributed by atoms with Crippen LogP contribution in [-0.4, -0.2) is 56.2 Å². The number of piperazine rings is 1. The molecule has 2 aromatic carbocycles. The van der Waals surface area contributed by atoms with Gasteiger partial charge in [-0.1, -0.05) is 42.5 Å². The van der Waals surface area contributed by atoms with E-state index in [0.717, 1.165) is 30.0 Å². The van der Waals surface area contributed by atoms with Crippen LogP contribution in [0.2, 0.25) is 0 Å². The summed E-state index contributed by atoms with van der Waals surface area (Å²) in [6.45, 7) is 3.19. The summed E-state index contributed by atoms with van der Waals surface area (Å²) >= 11 is 0. The molecular formula is C22H28N4O3. The Kier molecular flexibility index (Phi) is 7.47. The van der Waals surface area contributed by atoms with E-state index in [0.29, 0.717) is 26.1 Å². The highest BCUT2D eigenvalue weighted by Crippen LogP contribution is 2.11. The van der Waals surface area contributed by atoms with Crippen molar-refractivity contribution in [2.45, 2.75) is 19.0 Å². The molecule has 1 atom stereocenters. The maximum Gasteiger partial charge on any atom is 0.318 e. The number of hydrogen-bond donors (Lipinski definition) is 3. The van der Waals surface area contributed by atoms with Crippen LogP contribution in [0.15, 0.2) is 54.6 Å². The van der Waals surface area contributed by atoms with Gasteiger partial charge in [-0.15, -0.1) is 0 Å². The van der Waals surface area contributed by atoms with Crippen LogP contribution in [0.5, 0.6) is 5.75 Å². The van der Waals surface area contributed by atoms with Crippen LogP contribution in [0, 0.1) is 0 Å². The van der Waals surface area contributed by atoms with Crippen LogP contribution in [0.25, 0.3) is 0 Å². The molecule has 0 unspecified atom stereocenters. The predicted octanol–water partition coefficient (Wildman–Crippen LogP) is 1.54. The fraction of sp³-hybridized carbons (Fsp3) is 0.364. The zero-order valence-electron chi connectivity index (χ0n) is 16.7. The van der Waals surface area contributed by atoms with Gasteiger partial charge in [-0.05, 0) is 23.3 Å². The second-order valence-electron chi connectivity index (χ2n) is 6.99. The maximum atomic E-state index is 12.9. The number of ether oxygens (including phenoxy) is 1. The molecule has 3 N–H and O–H groups in total. The lowest BCUT2D eigenvalue weighted by Crippen LogP contribution is -2.55. The number of urea groups is 1. The van der Waals surface area contributed by atoms with Crippen LogP contribution >= 0.6 is 0 Å². The summed E-state index contributed by atoms with van der Waals surface area (Å²) in [5, 5.41) is 9.08. The van der Waals surface area contributed by atoms with E-state index in [2.05, 4.69) is 16.0 Å². The molecule has 0 saturated carbocycles. The molecule has 29 heavy (non-hydrogen) atoms. The Morgan fingerprint density at radius 1 is 1.03 bits per heavy atom. The van der Waals surface area contributed by atoms with Gasteiger partial charge in [0.05, 0.1) is 7.11 Å². The Hall–Kier alpha value is -3.06. The first-order valence-corrected chi connectivity index (χ1v) is 9.86. The van der Waals surface area contributed by atoms with Gasteiger partial charge in [-0.25, -0.2) is 4.79 Å². The third kappa shape index (κ3) is 6.22. The molecule has 3 amide bonds. The van der Waals surface area contributed by atoms with E-state index in [1.165, 1.54) is 0 Å². The SMILES string of the molecule is COc1ccc(CNC(=O)[C@H](Cc2ccccc2)NC(=O)N2CCNCC2)cc1. The number of nitrogens with zero attached hydrogens (tertiary/aromatic N) is 1. The molecule has 0 bridgehead atoms. The highest BCUT2D eigenvalue weighted by molar-refractivity contribution is 5.87. The van der Waals surface area contributed by atoms with E-state index in [-0.39, 0.29) is 11.9 Å². The molecule has 1 aliphatic rings. The lowest BCUT2D eigenvalue weighted by atomic mass is 10.1. The average Bonchev–Trinajstić information content (AvgIpc) is 2.78. The molecule has 2 aromatic rings. The number of methoxy groups -OCH3 is 1. The van der Waals surface area contributed by atoms with E-state index in [1.807, 2.05) is 54.6 Å². The van der Waals surface area contributed by atoms with Crippen molar-refractivity contribution in [3.05, 3.63) is 65.7 Å². The zero-order valence-corrected chi connectivity index (χ0v) is 16.7. The van der Waals surface area contributed by atoms with Gasteiger partial charge in [0.15, 0.2) is 0 Å². The Balaban J connectivity index is 1.63. The Morgan fingerprint density at radius 3 is 2.38 bits per heavy atom. The summed E-state index contributed by atoms with van der Waals surface area (Å²) in [6.07, 6.45) is 0.438. The molecule has 1 fully saturated rings. The number of carbonyl (C=O) groups is 2. The highest BCUT2D eigenvalue weighted by Gasteiger charge is 2.24. The number of nitrogens with one attached hydrogen (secondary N) is 3. The number of hydrogen-bond acceptors (Lipinski definition) is 4. The number of benzene rings is 2. The lowest BCUT2D eigenvalue weighted by molar-refractivity contribution is -0.123. The molecule has 1 saturated heterocycles. The fourth-order valence-electron chi connectivity index (χ4n) is 3.22.